The maximum absolute atomic E-state index is 13.7. The molecule has 0 bridgehead atoms. The van der Waals surface area contributed by atoms with Gasteiger partial charge in [-0.05, 0) is 269 Å². The van der Waals surface area contributed by atoms with Crippen LogP contribution < -0.4 is 53.1 Å². The highest BCUT2D eigenvalue weighted by Crippen LogP contribution is 2.46. The lowest BCUT2D eigenvalue weighted by Gasteiger charge is -2.31. The number of rotatable bonds is 38. The number of methoxy groups -OCH3 is 1. The number of aryl methyl sites for hydroxylation is 6. The van der Waals surface area contributed by atoms with E-state index >= 15 is 0 Å². The van der Waals surface area contributed by atoms with E-state index in [9.17, 15) is 62.6 Å². The Labute approximate surface area is 838 Å². The molecular formula is C117H139N11O15. The van der Waals surface area contributed by atoms with Gasteiger partial charge in [-0.15, -0.1) is 0 Å². The number of fused-ring (bicyclic) bond motifs is 1. The molecule has 1 aliphatic carbocycles. The summed E-state index contributed by atoms with van der Waals surface area (Å²) in [5.74, 6) is -0.341. The molecule has 5 N–H and O–H groups in total. The van der Waals surface area contributed by atoms with Gasteiger partial charge in [0.25, 0.3) is 22.2 Å². The van der Waals surface area contributed by atoms with Gasteiger partial charge >= 0.3 is 5.97 Å². The summed E-state index contributed by atoms with van der Waals surface area (Å²) in [5, 5.41) is 22.3. The minimum Gasteiger partial charge on any atom is -0.496 e. The smallest absolute Gasteiger partial charge is 0.305 e. The summed E-state index contributed by atoms with van der Waals surface area (Å²) in [4.78, 5) is 165. The van der Waals surface area contributed by atoms with Crippen LogP contribution in [-0.4, -0.2) is 114 Å². The number of hydrogen-bond donors (Lipinski definition) is 5. The molecule has 3 unspecified atom stereocenters. The first-order valence-electron chi connectivity index (χ1n) is 49.6. The summed E-state index contributed by atoms with van der Waals surface area (Å²) in [5.41, 5.74) is 17.5. The number of anilines is 1. The number of hydrogen-bond acceptors (Lipinski definition) is 17. The van der Waals surface area contributed by atoms with Crippen molar-refractivity contribution in [3.05, 3.63) is 340 Å². The van der Waals surface area contributed by atoms with E-state index < -0.39 is 60.2 Å². The number of pyridine rings is 4. The number of carbonyl (C=O) groups is 8. The van der Waals surface area contributed by atoms with Crippen molar-refractivity contribution in [3.63, 3.8) is 0 Å². The maximum Gasteiger partial charge on any atom is 0.305 e. The number of morpholine rings is 1. The zero-order valence-electron chi connectivity index (χ0n) is 85.7. The largest absolute Gasteiger partial charge is 0.496 e. The van der Waals surface area contributed by atoms with Gasteiger partial charge in [0.05, 0.1) is 68.1 Å². The van der Waals surface area contributed by atoms with Crippen LogP contribution in [0.25, 0.3) is 44.3 Å². The van der Waals surface area contributed by atoms with Crippen molar-refractivity contribution in [1.82, 2.24) is 49.5 Å². The molecule has 2 aliphatic rings. The molecule has 6 heterocycles. The Morgan fingerprint density at radius 2 is 0.811 bits per heavy atom. The van der Waals surface area contributed by atoms with Gasteiger partial charge in [-0.3, -0.25) is 67.1 Å². The molecule has 1 saturated heterocycles. The summed E-state index contributed by atoms with van der Waals surface area (Å²) >= 11 is 0. The third kappa shape index (κ3) is 30.1. The van der Waals surface area contributed by atoms with Crippen molar-refractivity contribution in [2.45, 2.75) is 236 Å². The van der Waals surface area contributed by atoms with Gasteiger partial charge in [0.1, 0.15) is 47.3 Å². The van der Waals surface area contributed by atoms with Gasteiger partial charge in [-0.25, -0.2) is 4.98 Å². The number of carboxylic acid groups (broad SMARTS) is 1. The molecule has 5 aromatic heterocycles. The number of para-hydroxylation sites is 1. The minimum absolute atomic E-state index is 0.00120. The van der Waals surface area contributed by atoms with Crippen LogP contribution in [0.15, 0.2) is 257 Å². The number of nitrogens with zero attached hydrogens (tertiary/aromatic N) is 7. The van der Waals surface area contributed by atoms with Gasteiger partial charge in [0.2, 0.25) is 23.6 Å². The Morgan fingerprint density at radius 1 is 0.406 bits per heavy atom. The summed E-state index contributed by atoms with van der Waals surface area (Å²) in [6.45, 7) is 35.5. The van der Waals surface area contributed by atoms with E-state index in [2.05, 4.69) is 92.4 Å². The van der Waals surface area contributed by atoms with Crippen molar-refractivity contribution in [2.24, 2.45) is 23.7 Å². The fourth-order valence-electron chi connectivity index (χ4n) is 18.4. The summed E-state index contributed by atoms with van der Waals surface area (Å²) in [7, 11) is 1.62. The first-order valence-corrected chi connectivity index (χ1v) is 49.6. The monoisotopic (exact) mass is 1940 g/mol. The molecule has 1 saturated carbocycles. The number of carbonyl (C=O) groups excluding carboxylic acids is 7. The standard InChI is InChI=1S/C31H36N2O3.C29H36N4O4.C29H34N2O4.C28H33N3O4/c1-20(2)17-29(33-16-8-7-11-30(33)35)31(36)32-28(18-22(4)34)24-14-15-26(23-12-13-23)27(19-24)25-10-6-5-9-21(25)3;1-19(2)15-27(33-18-30-24-8-6-5-7-23(24)29(33)36)28(35)31-25(16-21(4)34)22-10-9-20(3)26(17-22)32-11-13-37-14-12-32;1-19(2)16-26(31-15-9-8-12-28(31)33)29(34)30-25(17-21(4)32)22-13-14-27(35-5)24(18-22)23-11-7-6-10-20(23)3;1-17(2)12-25(31-11-10-18(3)13-26(31)32)28(35)30-24(15-27(33)34)21-14-23(20(5)29-16-21)22-9-7-6-8-19(22)4/h5-11,14-16,19-20,23,28-29H,12-13,17-18H2,1-4H3,(H,32,36);5-10,17-19,25,27H,11-16H2,1-4H3,(H,31,35);6-15,18-19,25-26H,16-17H2,1-5H3,(H,30,34);6-11,13-14,16-17,24-25H,12,15H2,1-5H3,(H,30,35)(H,33,34)/t28-,29?;25-,27-;25-,26?;24-,25?/m0000/s1. The Hall–Kier alpha value is -14.4. The molecule has 26 nitrogen and oxygen atoms in total. The first-order chi connectivity index (χ1) is 68.2. The number of carboxylic acids is 1. The van der Waals surface area contributed by atoms with Crippen molar-refractivity contribution >= 4 is 63.5 Å². The zero-order chi connectivity index (χ0) is 104. The third-order valence-corrected chi connectivity index (χ3v) is 25.9. The number of ether oxygens (including phenoxy) is 2. The Morgan fingerprint density at radius 3 is 1.26 bits per heavy atom. The highest BCUT2D eigenvalue weighted by Gasteiger charge is 2.35. The lowest BCUT2D eigenvalue weighted by Crippen LogP contribution is -2.40. The molecule has 26 heteroatoms. The summed E-state index contributed by atoms with van der Waals surface area (Å²) in [6.07, 6.45) is 12.5. The second-order valence-electron chi connectivity index (χ2n) is 39.5. The lowest BCUT2D eigenvalue weighted by atomic mass is 9.89. The zero-order valence-corrected chi connectivity index (χ0v) is 85.7. The van der Waals surface area contributed by atoms with Crippen LogP contribution in [-0.2, 0) is 43.1 Å². The van der Waals surface area contributed by atoms with Gasteiger partial charge in [-0.2, -0.15) is 0 Å². The SMILES string of the molecule is CC(=O)C[C@H](NC(=O)C(CC(C)C)n1ccccc1=O)c1ccc(C2CC2)c(-c2ccccc2C)c1.CC(=O)C[C@H](NC(=O)[C@H](CC(C)C)n1cnc2ccccc2c1=O)c1ccc(C)c(N2CCOCC2)c1.COc1ccc([C@H](CC(C)=O)NC(=O)C(CC(C)C)n2ccccc2=O)cc1-c1ccccc1C.Cc1ccn(C(CC(C)C)C(=O)N[C@@H](CC(=O)O)c2cnc(C)c(-c3ccccc3C)c2)c(=O)c1. The predicted octanol–water partition coefficient (Wildman–Crippen LogP) is 20.1. The molecule has 0 spiro atoms. The fourth-order valence-corrected chi connectivity index (χ4v) is 18.4. The maximum atomic E-state index is 13.7. The van der Waals surface area contributed by atoms with Crippen molar-refractivity contribution in [2.75, 3.05) is 38.3 Å². The molecule has 8 atom stereocenters. The van der Waals surface area contributed by atoms with Crippen molar-refractivity contribution in [3.8, 4) is 39.1 Å². The predicted molar refractivity (Wildman–Crippen MR) is 564 cm³/mol. The number of aliphatic carboxylic acids is 1. The van der Waals surface area contributed by atoms with Crippen LogP contribution >= 0.6 is 0 Å². The Balaban J connectivity index is 0.000000182. The average molecular weight is 1940 g/mol. The number of nitrogens with one attached hydrogen (secondary N) is 4. The molecule has 1 aliphatic heterocycles. The minimum atomic E-state index is -1.04. The molecule has 0 radical (unpaired) electrons. The molecule has 7 aromatic carbocycles. The summed E-state index contributed by atoms with van der Waals surface area (Å²) < 4.78 is 16.9. The molecular weight excluding hydrogens is 1800 g/mol. The number of benzene rings is 7. The van der Waals surface area contributed by atoms with Crippen LogP contribution in [0.1, 0.15) is 256 Å². The second-order valence-corrected chi connectivity index (χ2v) is 39.5. The molecule has 4 amide bonds. The van der Waals surface area contributed by atoms with E-state index in [1.54, 1.807) is 87.4 Å². The number of amides is 4. The molecule has 752 valence electrons. The van der Waals surface area contributed by atoms with Crippen LogP contribution in [0.5, 0.6) is 5.75 Å². The average Bonchev–Trinajstić information content (AvgIpc) is 1.61. The van der Waals surface area contributed by atoms with Gasteiger partial charge in [0, 0.05) is 97.8 Å². The quantitative estimate of drug-likeness (QED) is 0.0240. The fraction of sp³-hybridized carbons (Fsp3) is 0.385. The summed E-state index contributed by atoms with van der Waals surface area (Å²) in [6, 6.07) is 59.3. The highest BCUT2D eigenvalue weighted by molar-refractivity contribution is 5.87. The molecule has 2 fully saturated rings. The van der Waals surface area contributed by atoms with E-state index in [1.165, 1.54) is 91.7 Å². The Kier molecular flexibility index (Phi) is 39.1. The number of aromatic nitrogens is 6. The number of Topliss-reactive ketones (excluding diaryl/α,β-unsaturated/α-hetero) is 3. The van der Waals surface area contributed by atoms with Crippen LogP contribution in [0, 0.1) is 65.2 Å². The number of ketones is 3. The van der Waals surface area contributed by atoms with E-state index in [0.717, 1.165) is 85.7 Å². The van der Waals surface area contributed by atoms with Crippen LogP contribution in [0.4, 0.5) is 5.69 Å². The lowest BCUT2D eigenvalue weighted by molar-refractivity contribution is -0.138. The first kappa shape index (κ1) is 109. The van der Waals surface area contributed by atoms with Crippen LogP contribution in [0.2, 0.25) is 0 Å². The van der Waals surface area contributed by atoms with Crippen molar-refractivity contribution < 1.29 is 52.9 Å². The van der Waals surface area contributed by atoms with Gasteiger partial charge in [0.15, 0.2) is 0 Å². The topological polar surface area (TPSA) is 340 Å². The Bertz CT molecular complexity index is 6760. The van der Waals surface area contributed by atoms with Crippen LogP contribution in [0.3, 0.4) is 0 Å². The highest BCUT2D eigenvalue weighted by atomic mass is 16.5. The molecule has 12 aromatic rings. The molecule has 143 heavy (non-hydrogen) atoms. The third-order valence-electron chi connectivity index (χ3n) is 25.9. The van der Waals surface area contributed by atoms with E-state index in [1.807, 2.05) is 180 Å². The normalized spacial score (nSPS) is 14.0. The van der Waals surface area contributed by atoms with E-state index in [0.29, 0.717) is 67.0 Å². The van der Waals surface area contributed by atoms with E-state index in [-0.39, 0.29) is 107 Å². The second kappa shape index (κ2) is 51.3. The van der Waals surface area contributed by atoms with Gasteiger partial charge in [-0.1, -0.05) is 183 Å². The van der Waals surface area contributed by atoms with Gasteiger partial charge < -0.3 is 54.4 Å². The van der Waals surface area contributed by atoms with Crippen molar-refractivity contribution in [1.29, 1.82) is 0 Å². The molecule has 14 rings (SSSR count). The van der Waals surface area contributed by atoms with E-state index in [4.69, 9.17) is 9.47 Å².